The fourth-order valence-electron chi connectivity index (χ4n) is 8.57. The quantitative estimate of drug-likeness (QED) is 0.165. The Morgan fingerprint density at radius 2 is 0.786 bits per heavy atom. The van der Waals surface area contributed by atoms with E-state index in [9.17, 15) is 0 Å². The van der Waals surface area contributed by atoms with Crippen molar-refractivity contribution in [1.82, 2.24) is 0 Å². The van der Waals surface area contributed by atoms with E-state index < -0.39 is 0 Å². The fourth-order valence-corrected chi connectivity index (χ4v) is 9.73. The number of anilines is 3. The molecule has 0 unspecified atom stereocenters. The number of thiophene rings is 1. The summed E-state index contributed by atoms with van der Waals surface area (Å²) in [5, 5.41) is 10.2. The third kappa shape index (κ3) is 5.54. The van der Waals surface area contributed by atoms with Crippen LogP contribution in [0.25, 0.3) is 85.9 Å². The first-order valence-corrected chi connectivity index (χ1v) is 20.0. The van der Waals surface area contributed by atoms with Crippen LogP contribution in [0.1, 0.15) is 0 Å². The van der Waals surface area contributed by atoms with E-state index in [1.807, 2.05) is 11.3 Å². The van der Waals surface area contributed by atoms with Crippen molar-refractivity contribution in [2.75, 3.05) is 4.90 Å². The van der Waals surface area contributed by atoms with Gasteiger partial charge < -0.3 is 4.90 Å². The average Bonchev–Trinajstić information content (AvgIpc) is 3.63. The molecule has 0 aliphatic rings. The van der Waals surface area contributed by atoms with Crippen LogP contribution in [0.3, 0.4) is 0 Å². The Morgan fingerprint density at radius 1 is 0.286 bits per heavy atom. The number of rotatable bonds is 6. The maximum atomic E-state index is 2.40. The van der Waals surface area contributed by atoms with Gasteiger partial charge in [0.05, 0.1) is 0 Å². The van der Waals surface area contributed by atoms with E-state index in [0.717, 1.165) is 17.1 Å². The van der Waals surface area contributed by atoms with Crippen molar-refractivity contribution in [3.05, 3.63) is 212 Å². The molecule has 10 aromatic carbocycles. The van der Waals surface area contributed by atoms with Crippen LogP contribution in [0.2, 0.25) is 0 Å². The van der Waals surface area contributed by atoms with Gasteiger partial charge in [-0.15, -0.1) is 11.3 Å². The van der Waals surface area contributed by atoms with Gasteiger partial charge in [-0.2, -0.15) is 0 Å². The molecule has 1 heterocycles. The molecule has 262 valence electrons. The second kappa shape index (κ2) is 13.4. The molecule has 0 saturated heterocycles. The molecule has 56 heavy (non-hydrogen) atoms. The lowest BCUT2D eigenvalue weighted by Gasteiger charge is -2.27. The third-order valence-electron chi connectivity index (χ3n) is 11.2. The summed E-state index contributed by atoms with van der Waals surface area (Å²) in [5.41, 5.74) is 10.6. The first kappa shape index (κ1) is 32.4. The predicted octanol–water partition coefficient (Wildman–Crippen LogP) is 16.0. The minimum absolute atomic E-state index is 1.10. The van der Waals surface area contributed by atoms with Crippen molar-refractivity contribution in [3.8, 4) is 33.4 Å². The average molecular weight is 730 g/mol. The molecule has 1 aromatic heterocycles. The Morgan fingerprint density at radius 3 is 1.41 bits per heavy atom. The molecule has 11 rings (SSSR count). The second-order valence-corrected chi connectivity index (χ2v) is 15.6. The summed E-state index contributed by atoms with van der Waals surface area (Å²) < 4.78 is 2.64. The molecule has 0 saturated carbocycles. The van der Waals surface area contributed by atoms with Gasteiger partial charge >= 0.3 is 0 Å². The van der Waals surface area contributed by atoms with Crippen LogP contribution >= 0.6 is 11.3 Å². The van der Waals surface area contributed by atoms with Crippen LogP contribution in [0.15, 0.2) is 212 Å². The van der Waals surface area contributed by atoms with Gasteiger partial charge in [0, 0.05) is 37.2 Å². The molecule has 0 aliphatic heterocycles. The molecule has 11 aromatic rings. The van der Waals surface area contributed by atoms with Gasteiger partial charge in [-0.25, -0.2) is 0 Å². The summed E-state index contributed by atoms with van der Waals surface area (Å²) in [6.45, 7) is 0. The number of fused-ring (bicyclic) bond motifs is 6. The van der Waals surface area contributed by atoms with E-state index in [1.165, 1.54) is 85.9 Å². The van der Waals surface area contributed by atoms with E-state index in [-0.39, 0.29) is 0 Å². The topological polar surface area (TPSA) is 3.24 Å². The summed E-state index contributed by atoms with van der Waals surface area (Å²) >= 11 is 1.88. The minimum atomic E-state index is 1.10. The van der Waals surface area contributed by atoms with Crippen molar-refractivity contribution in [2.45, 2.75) is 0 Å². The molecule has 0 aliphatic carbocycles. The lowest BCUT2D eigenvalue weighted by atomic mass is 9.96. The standard InChI is InChI=1S/C54H35NS/c1-2-15-40-35-53-51(34-39(40)14-1)54-50(26-11-27-52(54)56-53)38-28-30-43(31-29-38)55(44-20-7-18-41(32-44)48-24-9-16-36-12-3-5-22-46(36)48)45-21-8-19-42(33-45)49-25-10-17-37-13-4-6-23-47(37)49/h1-35H. The van der Waals surface area contributed by atoms with Crippen LogP contribution in [0.4, 0.5) is 17.1 Å². The Hall–Kier alpha value is -7.00. The van der Waals surface area contributed by atoms with Gasteiger partial charge in [0.25, 0.3) is 0 Å². The Bertz CT molecular complexity index is 3130. The van der Waals surface area contributed by atoms with Gasteiger partial charge in [-0.1, -0.05) is 158 Å². The zero-order valence-corrected chi connectivity index (χ0v) is 31.4. The summed E-state index contributed by atoms with van der Waals surface area (Å²) in [6.07, 6.45) is 0. The van der Waals surface area contributed by atoms with Gasteiger partial charge in [0.15, 0.2) is 0 Å². The van der Waals surface area contributed by atoms with Gasteiger partial charge in [-0.3, -0.25) is 0 Å². The van der Waals surface area contributed by atoms with Crippen molar-refractivity contribution in [3.63, 3.8) is 0 Å². The van der Waals surface area contributed by atoms with Crippen LogP contribution in [0, 0.1) is 0 Å². The van der Waals surface area contributed by atoms with Gasteiger partial charge in [-0.05, 0) is 120 Å². The van der Waals surface area contributed by atoms with E-state index >= 15 is 0 Å². The van der Waals surface area contributed by atoms with E-state index in [0.29, 0.717) is 0 Å². The lowest BCUT2D eigenvalue weighted by Crippen LogP contribution is -2.10. The normalized spacial score (nSPS) is 11.6. The molecule has 0 N–H and O–H groups in total. The van der Waals surface area contributed by atoms with Crippen molar-refractivity contribution < 1.29 is 0 Å². The Balaban J connectivity index is 1.07. The minimum Gasteiger partial charge on any atom is -0.310 e. The molecule has 0 atom stereocenters. The summed E-state index contributed by atoms with van der Waals surface area (Å²) in [7, 11) is 0. The molecule has 0 spiro atoms. The van der Waals surface area contributed by atoms with Crippen molar-refractivity contribution in [1.29, 1.82) is 0 Å². The largest absolute Gasteiger partial charge is 0.310 e. The van der Waals surface area contributed by atoms with Gasteiger partial charge in [0.1, 0.15) is 0 Å². The molecule has 0 amide bonds. The molecule has 1 nitrogen and oxygen atoms in total. The molecular weight excluding hydrogens is 695 g/mol. The second-order valence-electron chi connectivity index (χ2n) is 14.5. The van der Waals surface area contributed by atoms with Crippen molar-refractivity contribution >= 4 is 80.9 Å². The molecule has 0 radical (unpaired) electrons. The van der Waals surface area contributed by atoms with Crippen LogP contribution in [0.5, 0.6) is 0 Å². The molecule has 0 fully saturated rings. The number of hydrogen-bond acceptors (Lipinski definition) is 2. The Kier molecular flexibility index (Phi) is 7.75. The molecule has 0 bridgehead atoms. The van der Waals surface area contributed by atoms with E-state index in [2.05, 4.69) is 217 Å². The lowest BCUT2D eigenvalue weighted by molar-refractivity contribution is 1.28. The predicted molar refractivity (Wildman–Crippen MR) is 243 cm³/mol. The zero-order chi connectivity index (χ0) is 37.0. The third-order valence-corrected chi connectivity index (χ3v) is 12.3. The zero-order valence-electron chi connectivity index (χ0n) is 30.6. The van der Waals surface area contributed by atoms with E-state index in [4.69, 9.17) is 0 Å². The van der Waals surface area contributed by atoms with Crippen LogP contribution in [-0.2, 0) is 0 Å². The highest BCUT2D eigenvalue weighted by Gasteiger charge is 2.17. The van der Waals surface area contributed by atoms with Crippen LogP contribution < -0.4 is 4.90 Å². The van der Waals surface area contributed by atoms with Crippen LogP contribution in [-0.4, -0.2) is 0 Å². The molecule has 2 heteroatoms. The molecular formula is C54H35NS. The summed E-state index contributed by atoms with van der Waals surface area (Å²) in [4.78, 5) is 2.40. The highest BCUT2D eigenvalue weighted by Crippen LogP contribution is 2.44. The number of benzene rings is 10. The highest BCUT2D eigenvalue weighted by atomic mass is 32.1. The maximum Gasteiger partial charge on any atom is 0.0467 e. The highest BCUT2D eigenvalue weighted by molar-refractivity contribution is 7.26. The van der Waals surface area contributed by atoms with E-state index in [1.54, 1.807) is 0 Å². The van der Waals surface area contributed by atoms with Gasteiger partial charge in [0.2, 0.25) is 0 Å². The smallest absolute Gasteiger partial charge is 0.0467 e. The summed E-state index contributed by atoms with van der Waals surface area (Å²) in [5.74, 6) is 0. The summed E-state index contributed by atoms with van der Waals surface area (Å²) in [6, 6.07) is 77.7. The SMILES string of the molecule is c1cc(-c2cccc3ccccc23)cc(N(c2ccc(-c3cccc4sc5cc6ccccc6cc5c34)cc2)c2cccc(-c3cccc4ccccc34)c2)c1. The Labute approximate surface area is 330 Å². The fraction of sp³-hybridized carbons (Fsp3) is 0. The number of hydrogen-bond donors (Lipinski definition) is 0. The number of nitrogens with zero attached hydrogens (tertiary/aromatic N) is 1. The first-order valence-electron chi connectivity index (χ1n) is 19.2. The van der Waals surface area contributed by atoms with Crippen molar-refractivity contribution in [2.24, 2.45) is 0 Å². The monoisotopic (exact) mass is 729 g/mol. The maximum absolute atomic E-state index is 2.40. The first-order chi connectivity index (χ1) is 27.7.